The summed E-state index contributed by atoms with van der Waals surface area (Å²) in [6.45, 7) is -0.142. The van der Waals surface area contributed by atoms with Crippen molar-refractivity contribution in [1.29, 1.82) is 0 Å². The zero-order valence-electron chi connectivity index (χ0n) is 19.5. The van der Waals surface area contributed by atoms with Crippen molar-refractivity contribution in [1.82, 2.24) is 0 Å². The molecule has 37 heavy (non-hydrogen) atoms. The maximum Gasteiger partial charge on any atom is 0.411 e. The topological polar surface area (TPSA) is 64.6 Å². The second kappa shape index (κ2) is 10.5. The van der Waals surface area contributed by atoms with E-state index in [2.05, 4.69) is 5.32 Å². The van der Waals surface area contributed by atoms with Crippen molar-refractivity contribution in [2.45, 2.75) is 13.2 Å². The Morgan fingerprint density at radius 3 is 1.73 bits per heavy atom. The van der Waals surface area contributed by atoms with Gasteiger partial charge in [-0.1, -0.05) is 72.8 Å². The van der Waals surface area contributed by atoms with Crippen molar-refractivity contribution < 1.29 is 27.8 Å². The van der Waals surface area contributed by atoms with Crippen LogP contribution in [0.3, 0.4) is 0 Å². The van der Waals surface area contributed by atoms with E-state index in [-0.39, 0.29) is 24.5 Å². The SMILES string of the molecule is O=C(Nc1cc(F)c(F)cc1C(=O)OCc1ccc2ccccc2c1)OCc1ccc2ccccc2c1. The number of hydrogen-bond acceptors (Lipinski definition) is 4. The van der Waals surface area contributed by atoms with Gasteiger partial charge in [-0.25, -0.2) is 18.4 Å². The molecule has 5 aromatic carbocycles. The van der Waals surface area contributed by atoms with Crippen LogP contribution in [0.1, 0.15) is 21.5 Å². The zero-order chi connectivity index (χ0) is 25.8. The molecule has 7 heteroatoms. The molecule has 0 spiro atoms. The maximum atomic E-state index is 14.0. The van der Waals surface area contributed by atoms with E-state index in [1.54, 1.807) is 0 Å². The predicted octanol–water partition coefficient (Wildman–Crippen LogP) is 7.38. The lowest BCUT2D eigenvalue weighted by molar-refractivity contribution is 0.0473. The van der Waals surface area contributed by atoms with Crippen LogP contribution in [0, 0.1) is 11.6 Å². The Kier molecular flexibility index (Phi) is 6.76. The van der Waals surface area contributed by atoms with Crippen LogP contribution in [0.15, 0.2) is 97.1 Å². The summed E-state index contributed by atoms with van der Waals surface area (Å²) in [7, 11) is 0. The van der Waals surface area contributed by atoms with Crippen LogP contribution in [-0.4, -0.2) is 12.1 Å². The number of carbonyl (C=O) groups excluding carboxylic acids is 2. The molecule has 0 saturated carbocycles. The van der Waals surface area contributed by atoms with Gasteiger partial charge >= 0.3 is 12.1 Å². The first-order valence-corrected chi connectivity index (χ1v) is 11.5. The second-order valence-electron chi connectivity index (χ2n) is 8.45. The molecule has 0 radical (unpaired) electrons. The number of fused-ring (bicyclic) bond motifs is 2. The first-order chi connectivity index (χ1) is 18.0. The van der Waals surface area contributed by atoms with Crippen molar-refractivity contribution in [2.75, 3.05) is 5.32 Å². The summed E-state index contributed by atoms with van der Waals surface area (Å²) < 4.78 is 38.5. The molecule has 5 nitrogen and oxygen atoms in total. The standard InChI is InChI=1S/C30H21F2NO4/c31-26-15-25(29(34)36-17-19-9-11-21-5-1-3-7-23(21)13-19)28(16-27(26)32)33-30(35)37-18-20-10-12-22-6-2-4-8-24(22)14-20/h1-16H,17-18H2,(H,33,35). The van der Waals surface area contributed by atoms with Crippen LogP contribution in [-0.2, 0) is 22.7 Å². The van der Waals surface area contributed by atoms with Crippen molar-refractivity contribution in [2.24, 2.45) is 0 Å². The summed E-state index contributed by atoms with van der Waals surface area (Å²) in [6.07, 6.45) is -0.928. The van der Waals surface area contributed by atoms with E-state index in [4.69, 9.17) is 9.47 Å². The molecule has 0 aliphatic rings. The number of amides is 1. The van der Waals surface area contributed by atoms with Gasteiger partial charge in [0.05, 0.1) is 11.3 Å². The van der Waals surface area contributed by atoms with Gasteiger partial charge in [-0.3, -0.25) is 5.32 Å². The number of halogens is 2. The van der Waals surface area contributed by atoms with Gasteiger partial charge in [-0.15, -0.1) is 0 Å². The highest BCUT2D eigenvalue weighted by molar-refractivity contribution is 5.99. The monoisotopic (exact) mass is 497 g/mol. The van der Waals surface area contributed by atoms with Gasteiger partial charge in [-0.05, 0) is 50.9 Å². The maximum absolute atomic E-state index is 14.0. The first-order valence-electron chi connectivity index (χ1n) is 11.5. The summed E-state index contributed by atoms with van der Waals surface area (Å²) in [5.74, 6) is -3.39. The summed E-state index contributed by atoms with van der Waals surface area (Å²) in [5, 5.41) is 6.36. The lowest BCUT2D eigenvalue weighted by Gasteiger charge is -2.13. The Balaban J connectivity index is 1.26. The van der Waals surface area contributed by atoms with E-state index < -0.39 is 23.7 Å². The zero-order valence-corrected chi connectivity index (χ0v) is 19.5. The van der Waals surface area contributed by atoms with Crippen molar-refractivity contribution in [3.05, 3.63) is 125 Å². The van der Waals surface area contributed by atoms with Crippen LogP contribution in [0.2, 0.25) is 0 Å². The molecule has 0 atom stereocenters. The summed E-state index contributed by atoms with van der Waals surface area (Å²) in [6, 6.07) is 28.1. The molecule has 0 aliphatic heterocycles. The fraction of sp³-hybridized carbons (Fsp3) is 0.0667. The molecule has 0 fully saturated rings. The summed E-state index contributed by atoms with van der Waals surface area (Å²) in [5.41, 5.74) is 0.876. The third-order valence-corrected chi connectivity index (χ3v) is 5.88. The molecule has 1 amide bonds. The highest BCUT2D eigenvalue weighted by Crippen LogP contribution is 2.23. The van der Waals surface area contributed by atoms with Crippen LogP contribution in [0.25, 0.3) is 21.5 Å². The summed E-state index contributed by atoms with van der Waals surface area (Å²) in [4.78, 5) is 25.2. The Hall–Kier alpha value is -4.78. The lowest BCUT2D eigenvalue weighted by Crippen LogP contribution is -2.17. The van der Waals surface area contributed by atoms with E-state index in [0.29, 0.717) is 6.07 Å². The molecule has 0 heterocycles. The predicted molar refractivity (Wildman–Crippen MR) is 137 cm³/mol. The van der Waals surface area contributed by atoms with Crippen LogP contribution < -0.4 is 5.32 Å². The van der Waals surface area contributed by atoms with E-state index >= 15 is 0 Å². The van der Waals surface area contributed by atoms with Crippen LogP contribution in [0.4, 0.5) is 19.3 Å². The largest absolute Gasteiger partial charge is 0.457 e. The van der Waals surface area contributed by atoms with Gasteiger partial charge in [-0.2, -0.15) is 0 Å². The van der Waals surface area contributed by atoms with E-state index in [9.17, 15) is 18.4 Å². The highest BCUT2D eigenvalue weighted by Gasteiger charge is 2.20. The molecule has 5 rings (SSSR count). The number of anilines is 1. The minimum absolute atomic E-state index is 0.0535. The Labute approximate surface area is 211 Å². The molecule has 5 aromatic rings. The van der Waals surface area contributed by atoms with Crippen molar-refractivity contribution >= 4 is 39.3 Å². The number of nitrogens with one attached hydrogen (secondary N) is 1. The second-order valence-corrected chi connectivity index (χ2v) is 8.45. The molecule has 0 saturated heterocycles. The average molecular weight is 497 g/mol. The fourth-order valence-electron chi connectivity index (χ4n) is 4.00. The first kappa shape index (κ1) is 23.9. The molecule has 0 aromatic heterocycles. The lowest BCUT2D eigenvalue weighted by atomic mass is 10.1. The van der Waals surface area contributed by atoms with Crippen molar-refractivity contribution in [3.63, 3.8) is 0 Å². The number of hydrogen-bond donors (Lipinski definition) is 1. The molecule has 0 bridgehead atoms. The molecule has 0 unspecified atom stereocenters. The Bertz CT molecular complexity index is 1630. The number of ether oxygens (including phenoxy) is 2. The quantitative estimate of drug-likeness (QED) is 0.249. The summed E-state index contributed by atoms with van der Waals surface area (Å²) >= 11 is 0. The Morgan fingerprint density at radius 1 is 0.622 bits per heavy atom. The number of carbonyl (C=O) groups is 2. The molecule has 0 aliphatic carbocycles. The third kappa shape index (κ3) is 5.56. The van der Waals surface area contributed by atoms with Gasteiger partial charge in [0.15, 0.2) is 11.6 Å². The number of rotatable bonds is 6. The minimum atomic E-state index is -1.24. The van der Waals surface area contributed by atoms with Gasteiger partial charge in [0, 0.05) is 6.07 Å². The van der Waals surface area contributed by atoms with Gasteiger partial charge in [0.2, 0.25) is 0 Å². The van der Waals surface area contributed by atoms with Crippen LogP contribution in [0.5, 0.6) is 0 Å². The molecule has 1 N–H and O–H groups in total. The van der Waals surface area contributed by atoms with E-state index in [0.717, 1.165) is 38.7 Å². The molecule has 184 valence electrons. The van der Waals surface area contributed by atoms with Gasteiger partial charge in [0.1, 0.15) is 13.2 Å². The minimum Gasteiger partial charge on any atom is -0.457 e. The van der Waals surface area contributed by atoms with E-state index in [1.165, 1.54) is 0 Å². The normalized spacial score (nSPS) is 10.9. The third-order valence-electron chi connectivity index (χ3n) is 5.88. The smallest absolute Gasteiger partial charge is 0.411 e. The number of benzene rings is 5. The van der Waals surface area contributed by atoms with Crippen LogP contribution >= 0.6 is 0 Å². The molecular formula is C30H21F2NO4. The Morgan fingerprint density at radius 2 is 1.14 bits per heavy atom. The van der Waals surface area contributed by atoms with Gasteiger partial charge < -0.3 is 9.47 Å². The van der Waals surface area contributed by atoms with Crippen molar-refractivity contribution in [3.8, 4) is 0 Å². The number of esters is 1. The molecular weight excluding hydrogens is 476 g/mol. The van der Waals surface area contributed by atoms with E-state index in [1.807, 2.05) is 84.9 Å². The average Bonchev–Trinajstić information content (AvgIpc) is 2.92. The van der Waals surface area contributed by atoms with Gasteiger partial charge in [0.25, 0.3) is 0 Å². The highest BCUT2D eigenvalue weighted by atomic mass is 19.2. The fourth-order valence-corrected chi connectivity index (χ4v) is 4.00.